The van der Waals surface area contributed by atoms with E-state index in [4.69, 9.17) is 27.6 Å². The number of nitrogens with one attached hydrogen (secondary N) is 1. The van der Waals surface area contributed by atoms with Crippen LogP contribution in [0.3, 0.4) is 0 Å². The molecule has 2 rings (SSSR count). The van der Waals surface area contributed by atoms with Crippen molar-refractivity contribution in [1.29, 1.82) is 0 Å². The minimum absolute atomic E-state index is 0.617. The number of halogens is 2. The highest BCUT2D eigenvalue weighted by Crippen LogP contribution is 2.28. The lowest BCUT2D eigenvalue weighted by Crippen LogP contribution is -2.14. The lowest BCUT2D eigenvalue weighted by atomic mass is 10.1. The highest BCUT2D eigenvalue weighted by molar-refractivity contribution is 6.35. The van der Waals surface area contributed by atoms with Crippen LogP contribution >= 0.6 is 23.2 Å². The highest BCUT2D eigenvalue weighted by Gasteiger charge is 2.06. The number of unbranched alkanes of at least 4 members (excludes halogenated alkanes) is 5. The fraction of sp³-hybridized carbons (Fsp3) is 0.474. The van der Waals surface area contributed by atoms with E-state index in [1.165, 1.54) is 38.5 Å². The molecule has 0 unspecified atom stereocenters. The van der Waals surface area contributed by atoms with Crippen molar-refractivity contribution in [3.63, 3.8) is 0 Å². The van der Waals surface area contributed by atoms with Crippen LogP contribution in [-0.2, 0) is 6.54 Å². The van der Waals surface area contributed by atoms with E-state index < -0.39 is 0 Å². The van der Waals surface area contributed by atoms with Gasteiger partial charge in [-0.3, -0.25) is 0 Å². The molecule has 1 aromatic heterocycles. The van der Waals surface area contributed by atoms with Crippen molar-refractivity contribution < 1.29 is 4.42 Å². The van der Waals surface area contributed by atoms with Crippen LogP contribution < -0.4 is 5.32 Å². The SMILES string of the molecule is CCCCCCCCNCc1ccc(-c2cc(Cl)cc(Cl)c2)o1. The highest BCUT2D eigenvalue weighted by atomic mass is 35.5. The second-order valence-electron chi connectivity index (χ2n) is 5.87. The first-order valence-electron chi connectivity index (χ1n) is 8.45. The van der Waals surface area contributed by atoms with Gasteiger partial charge in [-0.2, -0.15) is 0 Å². The molecule has 1 heterocycles. The van der Waals surface area contributed by atoms with Gasteiger partial charge in [-0.25, -0.2) is 0 Å². The molecular weight excluding hydrogens is 329 g/mol. The second-order valence-corrected chi connectivity index (χ2v) is 6.74. The van der Waals surface area contributed by atoms with E-state index in [0.717, 1.165) is 30.2 Å². The largest absolute Gasteiger partial charge is 0.460 e. The van der Waals surface area contributed by atoms with Gasteiger partial charge in [0.05, 0.1) is 6.54 Å². The van der Waals surface area contributed by atoms with Crippen LogP contribution in [-0.4, -0.2) is 6.54 Å². The van der Waals surface area contributed by atoms with Crippen molar-refractivity contribution in [2.45, 2.75) is 52.0 Å². The number of hydrogen-bond donors (Lipinski definition) is 1. The van der Waals surface area contributed by atoms with E-state index in [1.54, 1.807) is 6.07 Å². The molecule has 0 radical (unpaired) electrons. The summed E-state index contributed by atoms with van der Waals surface area (Å²) in [6, 6.07) is 9.40. The number of hydrogen-bond acceptors (Lipinski definition) is 2. The molecule has 0 aliphatic heterocycles. The normalized spacial score (nSPS) is 11.1. The van der Waals surface area contributed by atoms with Gasteiger partial charge in [-0.1, -0.05) is 62.2 Å². The van der Waals surface area contributed by atoms with Crippen LogP contribution in [0, 0.1) is 0 Å². The molecule has 0 aliphatic carbocycles. The Bertz CT molecular complexity index is 575. The summed E-state index contributed by atoms with van der Waals surface area (Å²) in [6.45, 7) is 4.03. The lowest BCUT2D eigenvalue weighted by Gasteiger charge is -2.03. The Morgan fingerprint density at radius 2 is 1.61 bits per heavy atom. The molecular formula is C19H25Cl2NO. The van der Waals surface area contributed by atoms with E-state index in [0.29, 0.717) is 10.0 Å². The van der Waals surface area contributed by atoms with Gasteiger partial charge in [-0.05, 0) is 43.3 Å². The quantitative estimate of drug-likeness (QED) is 0.480. The maximum absolute atomic E-state index is 6.03. The van der Waals surface area contributed by atoms with Crippen molar-refractivity contribution in [2.75, 3.05) is 6.54 Å². The molecule has 0 spiro atoms. The molecule has 0 saturated heterocycles. The lowest BCUT2D eigenvalue weighted by molar-refractivity contribution is 0.485. The maximum atomic E-state index is 6.03. The minimum atomic E-state index is 0.617. The molecule has 0 saturated carbocycles. The Morgan fingerprint density at radius 3 is 2.35 bits per heavy atom. The summed E-state index contributed by atoms with van der Waals surface area (Å²) >= 11 is 12.1. The van der Waals surface area contributed by atoms with Gasteiger partial charge in [0.2, 0.25) is 0 Å². The van der Waals surface area contributed by atoms with Crippen molar-refractivity contribution >= 4 is 23.2 Å². The molecule has 0 fully saturated rings. The molecule has 2 nitrogen and oxygen atoms in total. The first-order valence-corrected chi connectivity index (χ1v) is 9.20. The average molecular weight is 354 g/mol. The Balaban J connectivity index is 1.73. The molecule has 23 heavy (non-hydrogen) atoms. The standard InChI is InChI=1S/C19H25Cl2NO/c1-2-3-4-5-6-7-10-22-14-18-8-9-19(23-18)15-11-16(20)13-17(21)12-15/h8-9,11-13,22H,2-7,10,14H2,1H3. The fourth-order valence-corrected chi connectivity index (χ4v) is 3.09. The Morgan fingerprint density at radius 1 is 0.913 bits per heavy atom. The summed E-state index contributed by atoms with van der Waals surface area (Å²) < 4.78 is 5.86. The van der Waals surface area contributed by atoms with E-state index >= 15 is 0 Å². The predicted molar refractivity (Wildman–Crippen MR) is 99.2 cm³/mol. The minimum Gasteiger partial charge on any atom is -0.460 e. The van der Waals surface area contributed by atoms with Gasteiger partial charge >= 0.3 is 0 Å². The number of benzene rings is 1. The Labute approximate surface area is 149 Å². The Kier molecular flexibility index (Phi) is 8.01. The second kappa shape index (κ2) is 10.0. The monoisotopic (exact) mass is 353 g/mol. The van der Waals surface area contributed by atoms with Crippen molar-refractivity contribution in [3.8, 4) is 11.3 Å². The van der Waals surface area contributed by atoms with Gasteiger partial charge in [0.1, 0.15) is 11.5 Å². The van der Waals surface area contributed by atoms with Crippen LogP contribution in [0.4, 0.5) is 0 Å². The zero-order chi connectivity index (χ0) is 16.5. The molecule has 0 aliphatic rings. The molecule has 4 heteroatoms. The predicted octanol–water partition coefficient (Wildman–Crippen LogP) is 6.70. The zero-order valence-electron chi connectivity index (χ0n) is 13.7. The van der Waals surface area contributed by atoms with Crippen LogP contribution in [0.2, 0.25) is 10.0 Å². The van der Waals surface area contributed by atoms with Crippen LogP contribution in [0.15, 0.2) is 34.7 Å². The summed E-state index contributed by atoms with van der Waals surface area (Å²) in [6.07, 6.45) is 7.89. The molecule has 0 atom stereocenters. The summed E-state index contributed by atoms with van der Waals surface area (Å²) in [5.41, 5.74) is 0.907. The van der Waals surface area contributed by atoms with Gasteiger partial charge in [0.25, 0.3) is 0 Å². The third kappa shape index (κ3) is 6.58. The molecule has 1 N–H and O–H groups in total. The summed E-state index contributed by atoms with van der Waals surface area (Å²) in [5, 5.41) is 4.67. The van der Waals surface area contributed by atoms with Gasteiger partial charge in [-0.15, -0.1) is 0 Å². The first kappa shape index (κ1) is 18.4. The van der Waals surface area contributed by atoms with Crippen molar-refractivity contribution in [3.05, 3.63) is 46.1 Å². The zero-order valence-corrected chi connectivity index (χ0v) is 15.2. The van der Waals surface area contributed by atoms with Gasteiger partial charge < -0.3 is 9.73 Å². The van der Waals surface area contributed by atoms with Gasteiger partial charge in [0.15, 0.2) is 0 Å². The van der Waals surface area contributed by atoms with E-state index in [9.17, 15) is 0 Å². The van der Waals surface area contributed by atoms with E-state index in [2.05, 4.69) is 12.2 Å². The van der Waals surface area contributed by atoms with Crippen molar-refractivity contribution in [1.82, 2.24) is 5.32 Å². The third-order valence-corrected chi connectivity index (χ3v) is 4.25. The number of furan rings is 1. The smallest absolute Gasteiger partial charge is 0.134 e. The summed E-state index contributed by atoms with van der Waals surface area (Å²) in [5.74, 6) is 1.73. The molecule has 2 aromatic rings. The third-order valence-electron chi connectivity index (χ3n) is 3.82. The molecule has 126 valence electrons. The van der Waals surface area contributed by atoms with Crippen LogP contribution in [0.5, 0.6) is 0 Å². The molecule has 0 bridgehead atoms. The molecule has 0 amide bonds. The maximum Gasteiger partial charge on any atom is 0.134 e. The van der Waals surface area contributed by atoms with Crippen LogP contribution in [0.1, 0.15) is 51.2 Å². The fourth-order valence-electron chi connectivity index (χ4n) is 2.57. The van der Waals surface area contributed by atoms with E-state index in [-0.39, 0.29) is 0 Å². The average Bonchev–Trinajstić information content (AvgIpc) is 2.98. The Hall–Kier alpha value is -0.960. The van der Waals surface area contributed by atoms with Crippen molar-refractivity contribution in [2.24, 2.45) is 0 Å². The number of rotatable bonds is 10. The van der Waals surface area contributed by atoms with Gasteiger partial charge in [0, 0.05) is 15.6 Å². The first-order chi connectivity index (χ1) is 11.2. The topological polar surface area (TPSA) is 25.2 Å². The molecule has 1 aromatic carbocycles. The summed E-state index contributed by atoms with van der Waals surface area (Å²) in [4.78, 5) is 0. The van der Waals surface area contributed by atoms with E-state index in [1.807, 2.05) is 24.3 Å². The van der Waals surface area contributed by atoms with Crippen LogP contribution in [0.25, 0.3) is 11.3 Å². The summed E-state index contributed by atoms with van der Waals surface area (Å²) in [7, 11) is 0.